The van der Waals surface area contributed by atoms with Gasteiger partial charge in [-0.05, 0) is 12.1 Å². The van der Waals surface area contributed by atoms with Gasteiger partial charge in [-0.3, -0.25) is 13.9 Å². The fourth-order valence-corrected chi connectivity index (χ4v) is 2.40. The normalized spacial score (nSPS) is 19.4. The summed E-state index contributed by atoms with van der Waals surface area (Å²) in [6, 6.07) is 3.49. The van der Waals surface area contributed by atoms with Crippen molar-refractivity contribution >= 4 is 11.0 Å². The quantitative estimate of drug-likeness (QED) is 0.744. The van der Waals surface area contributed by atoms with E-state index in [0.717, 1.165) is 16.8 Å². The molecule has 3 heterocycles. The summed E-state index contributed by atoms with van der Waals surface area (Å²) in [5.41, 5.74) is 0.414. The smallest absolute Gasteiger partial charge is 0.332 e. The first-order valence-electron chi connectivity index (χ1n) is 6.48. The van der Waals surface area contributed by atoms with Gasteiger partial charge in [-0.1, -0.05) is 0 Å². The zero-order valence-electron chi connectivity index (χ0n) is 11.4. The monoisotopic (exact) mass is 276 g/mol. The Hall–Kier alpha value is -1.99. The van der Waals surface area contributed by atoms with Gasteiger partial charge in [-0.2, -0.15) is 0 Å². The minimum absolute atomic E-state index is 0.146. The molecule has 1 aliphatic heterocycles. The van der Waals surface area contributed by atoms with Gasteiger partial charge in [0.2, 0.25) is 0 Å². The van der Waals surface area contributed by atoms with Gasteiger partial charge >= 0.3 is 5.69 Å². The molecule has 0 bridgehead atoms. The van der Waals surface area contributed by atoms with Crippen LogP contribution in [0, 0.1) is 0 Å². The SMILES string of the molecule is Cn1c(=O)c2ccc([C@@H]3CNCCO3)nc2n(C)c1=O. The van der Waals surface area contributed by atoms with Crippen LogP contribution in [0.5, 0.6) is 0 Å². The molecule has 0 aromatic carbocycles. The van der Waals surface area contributed by atoms with Crippen LogP contribution in [-0.4, -0.2) is 33.8 Å². The molecule has 1 atom stereocenters. The lowest BCUT2D eigenvalue weighted by molar-refractivity contribution is 0.0252. The van der Waals surface area contributed by atoms with E-state index in [9.17, 15) is 9.59 Å². The standard InChI is InChI=1S/C13H16N4O3/c1-16-11-8(12(18)17(2)13(16)19)3-4-9(15-11)10-7-14-5-6-20-10/h3-4,10,14H,5-7H2,1-2H3/t10-/m0/s1. The Balaban J connectivity index is 2.20. The van der Waals surface area contributed by atoms with Crippen LogP contribution >= 0.6 is 0 Å². The first-order valence-corrected chi connectivity index (χ1v) is 6.48. The summed E-state index contributed by atoms with van der Waals surface area (Å²) in [4.78, 5) is 28.4. The number of aryl methyl sites for hydroxylation is 1. The maximum absolute atomic E-state index is 12.1. The third-order valence-corrected chi connectivity index (χ3v) is 3.58. The fraction of sp³-hybridized carbons (Fsp3) is 0.462. The van der Waals surface area contributed by atoms with Crippen molar-refractivity contribution in [2.45, 2.75) is 6.10 Å². The molecule has 0 amide bonds. The molecule has 1 N–H and O–H groups in total. The van der Waals surface area contributed by atoms with Gasteiger partial charge in [-0.25, -0.2) is 9.78 Å². The van der Waals surface area contributed by atoms with Gasteiger partial charge < -0.3 is 10.1 Å². The third kappa shape index (κ3) is 1.95. The summed E-state index contributed by atoms with van der Waals surface area (Å²) in [6.45, 7) is 2.13. The highest BCUT2D eigenvalue weighted by atomic mass is 16.5. The van der Waals surface area contributed by atoms with E-state index in [4.69, 9.17) is 4.74 Å². The molecule has 3 rings (SSSR count). The summed E-state index contributed by atoms with van der Waals surface area (Å²) in [5.74, 6) is 0. The van der Waals surface area contributed by atoms with Crippen LogP contribution in [0.4, 0.5) is 0 Å². The molecule has 1 aliphatic rings. The number of hydrogen-bond donors (Lipinski definition) is 1. The lowest BCUT2D eigenvalue weighted by Gasteiger charge is -2.23. The molecule has 0 spiro atoms. The van der Waals surface area contributed by atoms with Crippen molar-refractivity contribution in [2.24, 2.45) is 14.1 Å². The largest absolute Gasteiger partial charge is 0.369 e. The van der Waals surface area contributed by atoms with Crippen molar-refractivity contribution in [1.29, 1.82) is 0 Å². The predicted molar refractivity (Wildman–Crippen MR) is 73.8 cm³/mol. The molecule has 0 aliphatic carbocycles. The molecule has 1 fully saturated rings. The minimum Gasteiger partial charge on any atom is -0.369 e. The highest BCUT2D eigenvalue weighted by Gasteiger charge is 2.19. The molecule has 106 valence electrons. The Labute approximate surface area is 114 Å². The molecule has 2 aromatic rings. The average molecular weight is 276 g/mol. The van der Waals surface area contributed by atoms with Crippen LogP contribution in [0.25, 0.3) is 11.0 Å². The van der Waals surface area contributed by atoms with Gasteiger partial charge in [-0.15, -0.1) is 0 Å². The predicted octanol–water partition coefficient (Wildman–Crippen LogP) is -0.707. The van der Waals surface area contributed by atoms with Crippen LogP contribution in [0.3, 0.4) is 0 Å². The summed E-state index contributed by atoms with van der Waals surface area (Å²) in [6.07, 6.45) is -0.146. The molecule has 7 nitrogen and oxygen atoms in total. The van der Waals surface area contributed by atoms with Gasteiger partial charge in [0.15, 0.2) is 0 Å². The van der Waals surface area contributed by atoms with Crippen molar-refractivity contribution in [3.05, 3.63) is 38.7 Å². The van der Waals surface area contributed by atoms with Crippen molar-refractivity contribution in [1.82, 2.24) is 19.4 Å². The third-order valence-electron chi connectivity index (χ3n) is 3.58. The van der Waals surface area contributed by atoms with E-state index in [-0.39, 0.29) is 17.4 Å². The lowest BCUT2D eigenvalue weighted by Crippen LogP contribution is -2.38. The van der Waals surface area contributed by atoms with Crippen LogP contribution < -0.4 is 16.6 Å². The Morgan fingerprint density at radius 3 is 2.80 bits per heavy atom. The molecule has 20 heavy (non-hydrogen) atoms. The van der Waals surface area contributed by atoms with E-state index >= 15 is 0 Å². The van der Waals surface area contributed by atoms with Crippen molar-refractivity contribution < 1.29 is 4.74 Å². The van der Waals surface area contributed by atoms with Crippen LogP contribution in [0.1, 0.15) is 11.8 Å². The number of rotatable bonds is 1. The van der Waals surface area contributed by atoms with E-state index in [1.807, 2.05) is 0 Å². The second kappa shape index (κ2) is 4.84. The van der Waals surface area contributed by atoms with Crippen LogP contribution in [-0.2, 0) is 18.8 Å². The van der Waals surface area contributed by atoms with Crippen molar-refractivity contribution in [3.8, 4) is 0 Å². The number of morpholine rings is 1. The van der Waals surface area contributed by atoms with E-state index in [0.29, 0.717) is 24.2 Å². The number of nitrogens with one attached hydrogen (secondary N) is 1. The number of hydrogen-bond acceptors (Lipinski definition) is 5. The number of fused-ring (bicyclic) bond motifs is 1. The molecule has 0 unspecified atom stereocenters. The fourth-order valence-electron chi connectivity index (χ4n) is 2.40. The molecular weight excluding hydrogens is 260 g/mol. The first-order chi connectivity index (χ1) is 9.59. The van der Waals surface area contributed by atoms with Crippen molar-refractivity contribution in [2.75, 3.05) is 19.7 Å². The van der Waals surface area contributed by atoms with Crippen LogP contribution in [0.2, 0.25) is 0 Å². The second-order valence-corrected chi connectivity index (χ2v) is 4.88. The maximum atomic E-state index is 12.1. The molecule has 1 saturated heterocycles. The van der Waals surface area contributed by atoms with E-state index < -0.39 is 0 Å². The Bertz CT molecular complexity index is 772. The first kappa shape index (κ1) is 13.0. The average Bonchev–Trinajstić information content (AvgIpc) is 2.51. The molecular formula is C13H16N4O3. The van der Waals surface area contributed by atoms with E-state index in [2.05, 4.69) is 10.3 Å². The topological polar surface area (TPSA) is 78.2 Å². The minimum atomic E-state index is -0.380. The van der Waals surface area contributed by atoms with Gasteiger partial charge in [0, 0.05) is 27.2 Å². The number of aromatic nitrogens is 3. The zero-order chi connectivity index (χ0) is 14.3. The molecule has 0 saturated carbocycles. The lowest BCUT2D eigenvalue weighted by atomic mass is 10.2. The van der Waals surface area contributed by atoms with Gasteiger partial charge in [0.1, 0.15) is 11.8 Å². The van der Waals surface area contributed by atoms with Gasteiger partial charge in [0.05, 0.1) is 17.7 Å². The highest BCUT2D eigenvalue weighted by Crippen LogP contribution is 2.18. The number of nitrogens with zero attached hydrogens (tertiary/aromatic N) is 3. The molecule has 0 radical (unpaired) electrons. The van der Waals surface area contributed by atoms with Crippen LogP contribution in [0.15, 0.2) is 21.7 Å². The number of ether oxygens (including phenoxy) is 1. The molecule has 2 aromatic heterocycles. The number of pyridine rings is 1. The highest BCUT2D eigenvalue weighted by molar-refractivity contribution is 5.73. The summed E-state index contributed by atoms with van der Waals surface area (Å²) >= 11 is 0. The summed E-state index contributed by atoms with van der Waals surface area (Å²) < 4.78 is 8.11. The maximum Gasteiger partial charge on any atom is 0.332 e. The van der Waals surface area contributed by atoms with Crippen molar-refractivity contribution in [3.63, 3.8) is 0 Å². The Kier molecular flexibility index (Phi) is 3.15. The molecule has 7 heteroatoms. The summed E-state index contributed by atoms with van der Waals surface area (Å²) in [7, 11) is 3.08. The Morgan fingerprint density at radius 2 is 2.10 bits per heavy atom. The zero-order valence-corrected chi connectivity index (χ0v) is 11.4. The second-order valence-electron chi connectivity index (χ2n) is 4.88. The summed E-state index contributed by atoms with van der Waals surface area (Å²) in [5, 5.41) is 3.66. The van der Waals surface area contributed by atoms with Gasteiger partial charge in [0.25, 0.3) is 5.56 Å². The van der Waals surface area contributed by atoms with E-state index in [1.54, 1.807) is 19.2 Å². The Morgan fingerprint density at radius 1 is 1.30 bits per heavy atom. The van der Waals surface area contributed by atoms with E-state index in [1.165, 1.54) is 11.6 Å².